The number of aryl methyl sites for hydroxylation is 1. The minimum Gasteiger partial charge on any atom is -0.496 e. The lowest BCUT2D eigenvalue weighted by Crippen LogP contribution is -2.41. The van der Waals surface area contributed by atoms with Crippen molar-refractivity contribution in [3.63, 3.8) is 0 Å². The molecule has 1 aliphatic heterocycles. The Balaban J connectivity index is 1.88. The van der Waals surface area contributed by atoms with E-state index >= 15 is 0 Å². The number of carbonyl (C=O) groups is 1. The fourth-order valence-electron chi connectivity index (χ4n) is 3.35. The van der Waals surface area contributed by atoms with E-state index in [2.05, 4.69) is 5.32 Å². The lowest BCUT2D eigenvalue weighted by Gasteiger charge is -2.27. The number of nitrogens with one attached hydrogen (secondary N) is 1. The number of hydrogen-bond acceptors (Lipinski definition) is 5. The van der Waals surface area contributed by atoms with Crippen LogP contribution >= 0.6 is 0 Å². The molecule has 29 heavy (non-hydrogen) atoms. The average Bonchev–Trinajstić information content (AvgIpc) is 2.74. The van der Waals surface area contributed by atoms with Crippen LogP contribution < -0.4 is 10.1 Å². The maximum Gasteiger partial charge on any atom is 0.253 e. The smallest absolute Gasteiger partial charge is 0.253 e. The van der Waals surface area contributed by atoms with Crippen LogP contribution in [-0.2, 0) is 14.8 Å². The fraction of sp³-hybridized carbons (Fsp3) is 0.381. The molecule has 1 aliphatic rings. The van der Waals surface area contributed by atoms with Crippen molar-refractivity contribution in [1.29, 1.82) is 0 Å². The molecule has 1 atom stereocenters. The van der Waals surface area contributed by atoms with Gasteiger partial charge in [-0.05, 0) is 32.0 Å². The van der Waals surface area contributed by atoms with Crippen molar-refractivity contribution < 1.29 is 22.7 Å². The number of sulfonamides is 1. The van der Waals surface area contributed by atoms with Gasteiger partial charge in [0.05, 0.1) is 36.8 Å². The van der Waals surface area contributed by atoms with Gasteiger partial charge in [-0.25, -0.2) is 8.42 Å². The van der Waals surface area contributed by atoms with Crippen LogP contribution in [0, 0.1) is 6.92 Å². The molecule has 3 rings (SSSR count). The molecular weight excluding hydrogens is 392 g/mol. The number of methoxy groups -OCH3 is 1. The van der Waals surface area contributed by atoms with Gasteiger partial charge in [-0.2, -0.15) is 4.31 Å². The van der Waals surface area contributed by atoms with Crippen LogP contribution in [0.3, 0.4) is 0 Å². The molecule has 1 amide bonds. The predicted octanol–water partition coefficient (Wildman–Crippen LogP) is 2.52. The summed E-state index contributed by atoms with van der Waals surface area (Å²) in [4.78, 5) is 13.0. The molecule has 156 valence electrons. The molecule has 0 bridgehead atoms. The van der Waals surface area contributed by atoms with Crippen molar-refractivity contribution >= 4 is 15.9 Å². The Hall–Kier alpha value is -2.42. The van der Waals surface area contributed by atoms with Crippen LogP contribution in [0.25, 0.3) is 0 Å². The highest BCUT2D eigenvalue weighted by Gasteiger charge is 2.30. The summed E-state index contributed by atoms with van der Waals surface area (Å²) >= 11 is 0. The van der Waals surface area contributed by atoms with Crippen molar-refractivity contribution in [3.05, 3.63) is 59.2 Å². The van der Waals surface area contributed by atoms with Crippen molar-refractivity contribution in [2.24, 2.45) is 0 Å². The maximum atomic E-state index is 13.1. The number of rotatable bonds is 6. The predicted molar refractivity (Wildman–Crippen MR) is 110 cm³/mol. The number of morpholine rings is 1. The Morgan fingerprint density at radius 1 is 1.17 bits per heavy atom. The first-order valence-corrected chi connectivity index (χ1v) is 10.9. The summed E-state index contributed by atoms with van der Waals surface area (Å²) in [5, 5.41) is 2.90. The van der Waals surface area contributed by atoms with E-state index in [9.17, 15) is 13.2 Å². The van der Waals surface area contributed by atoms with Crippen molar-refractivity contribution in [3.8, 4) is 5.75 Å². The fourth-order valence-corrected chi connectivity index (χ4v) is 4.95. The first kappa shape index (κ1) is 21.3. The van der Waals surface area contributed by atoms with E-state index in [1.807, 2.05) is 32.0 Å². The summed E-state index contributed by atoms with van der Waals surface area (Å²) in [6.07, 6.45) is 0. The summed E-state index contributed by atoms with van der Waals surface area (Å²) in [5.41, 5.74) is 1.99. The van der Waals surface area contributed by atoms with Crippen LogP contribution in [0.15, 0.2) is 47.4 Å². The Kier molecular flexibility index (Phi) is 6.56. The Morgan fingerprint density at radius 2 is 1.86 bits per heavy atom. The van der Waals surface area contributed by atoms with E-state index in [4.69, 9.17) is 9.47 Å². The number of carbonyl (C=O) groups excluding carboxylic acids is 1. The molecule has 0 aromatic heterocycles. The van der Waals surface area contributed by atoms with Crippen LogP contribution in [0.4, 0.5) is 0 Å². The highest BCUT2D eigenvalue weighted by molar-refractivity contribution is 7.89. The van der Waals surface area contributed by atoms with Gasteiger partial charge in [0.2, 0.25) is 10.0 Å². The molecule has 2 aromatic rings. The van der Waals surface area contributed by atoms with E-state index in [1.165, 1.54) is 16.4 Å². The molecule has 1 heterocycles. The summed E-state index contributed by atoms with van der Waals surface area (Å²) in [6, 6.07) is 11.6. The number of ether oxygens (including phenoxy) is 2. The first-order chi connectivity index (χ1) is 13.8. The number of nitrogens with zero attached hydrogens (tertiary/aromatic N) is 1. The first-order valence-electron chi connectivity index (χ1n) is 9.47. The number of benzene rings is 2. The monoisotopic (exact) mass is 418 g/mol. The van der Waals surface area contributed by atoms with Gasteiger partial charge in [0.1, 0.15) is 5.75 Å². The third kappa shape index (κ3) is 4.60. The molecule has 1 unspecified atom stereocenters. The second-order valence-corrected chi connectivity index (χ2v) is 8.86. The zero-order chi connectivity index (χ0) is 21.0. The van der Waals surface area contributed by atoms with Crippen LogP contribution in [0.2, 0.25) is 0 Å². The topological polar surface area (TPSA) is 84.9 Å². The van der Waals surface area contributed by atoms with Crippen LogP contribution in [-0.4, -0.2) is 52.0 Å². The van der Waals surface area contributed by atoms with Gasteiger partial charge < -0.3 is 14.8 Å². The SMILES string of the molecule is COc1ccc(C)cc1C(C)NC(=O)c1ccccc1S(=O)(=O)N1CCOCC1. The van der Waals surface area contributed by atoms with Crippen LogP contribution in [0.1, 0.15) is 34.5 Å². The Labute approximate surface area is 171 Å². The van der Waals surface area contributed by atoms with E-state index in [-0.39, 0.29) is 29.6 Å². The van der Waals surface area contributed by atoms with Gasteiger partial charge in [0.15, 0.2) is 0 Å². The highest BCUT2D eigenvalue weighted by Crippen LogP contribution is 2.27. The van der Waals surface area contributed by atoms with Gasteiger partial charge in [-0.3, -0.25) is 4.79 Å². The van der Waals surface area contributed by atoms with Crippen molar-refractivity contribution in [2.75, 3.05) is 33.4 Å². The molecule has 1 fully saturated rings. The minimum atomic E-state index is -3.79. The van der Waals surface area contributed by atoms with E-state index in [1.54, 1.807) is 19.2 Å². The molecule has 0 radical (unpaired) electrons. The average molecular weight is 419 g/mol. The van der Waals surface area contributed by atoms with Gasteiger partial charge in [-0.1, -0.05) is 29.8 Å². The molecule has 0 aliphatic carbocycles. The standard InChI is InChI=1S/C21H26N2O5S/c1-15-8-9-19(27-3)18(14-15)16(2)22-21(24)17-6-4-5-7-20(17)29(25,26)23-10-12-28-13-11-23/h4-9,14,16H,10-13H2,1-3H3,(H,22,24). The molecule has 7 nitrogen and oxygen atoms in total. The molecule has 8 heteroatoms. The number of hydrogen-bond donors (Lipinski definition) is 1. The third-order valence-electron chi connectivity index (χ3n) is 4.92. The lowest BCUT2D eigenvalue weighted by atomic mass is 10.0. The quantitative estimate of drug-likeness (QED) is 0.779. The van der Waals surface area contributed by atoms with Crippen LogP contribution in [0.5, 0.6) is 5.75 Å². The third-order valence-corrected chi connectivity index (χ3v) is 6.88. The lowest BCUT2D eigenvalue weighted by molar-refractivity contribution is 0.0729. The normalized spacial score (nSPS) is 16.2. The summed E-state index contributed by atoms with van der Waals surface area (Å²) in [5.74, 6) is 0.214. The maximum absolute atomic E-state index is 13.1. The second-order valence-electron chi connectivity index (χ2n) is 6.95. The molecule has 0 spiro atoms. The second kappa shape index (κ2) is 8.94. The summed E-state index contributed by atoms with van der Waals surface area (Å²) < 4.78 is 38.2. The van der Waals surface area contributed by atoms with Gasteiger partial charge in [0.25, 0.3) is 5.91 Å². The van der Waals surface area contributed by atoms with Crippen molar-refractivity contribution in [1.82, 2.24) is 9.62 Å². The van der Waals surface area contributed by atoms with Gasteiger partial charge >= 0.3 is 0 Å². The molecular formula is C21H26N2O5S. The van der Waals surface area contributed by atoms with E-state index < -0.39 is 15.9 Å². The largest absolute Gasteiger partial charge is 0.496 e. The summed E-state index contributed by atoms with van der Waals surface area (Å²) in [6.45, 7) is 5.04. The van der Waals surface area contributed by atoms with E-state index in [0.29, 0.717) is 19.0 Å². The van der Waals surface area contributed by atoms with Gasteiger partial charge in [0, 0.05) is 18.7 Å². The molecule has 0 saturated carbocycles. The minimum absolute atomic E-state index is 0.00260. The van der Waals surface area contributed by atoms with Gasteiger partial charge in [-0.15, -0.1) is 0 Å². The Bertz CT molecular complexity index is 984. The van der Waals surface area contributed by atoms with E-state index in [0.717, 1.165) is 11.1 Å². The zero-order valence-electron chi connectivity index (χ0n) is 16.8. The summed E-state index contributed by atoms with van der Waals surface area (Å²) in [7, 11) is -2.21. The zero-order valence-corrected chi connectivity index (χ0v) is 17.7. The van der Waals surface area contributed by atoms with Crippen molar-refractivity contribution in [2.45, 2.75) is 24.8 Å². The molecule has 1 saturated heterocycles. The molecule has 1 N–H and O–H groups in total. The molecule has 2 aromatic carbocycles. The Morgan fingerprint density at radius 3 is 2.55 bits per heavy atom. The highest BCUT2D eigenvalue weighted by atomic mass is 32.2. The number of amides is 1.